The van der Waals surface area contributed by atoms with Crippen molar-refractivity contribution in [2.75, 3.05) is 5.32 Å². The maximum Gasteiger partial charge on any atom is 0.236 e. The summed E-state index contributed by atoms with van der Waals surface area (Å²) in [7, 11) is 0. The highest BCUT2D eigenvalue weighted by Gasteiger charge is 2.51. The molecule has 1 aromatic heterocycles. The van der Waals surface area contributed by atoms with Crippen molar-refractivity contribution >= 4 is 11.7 Å². The van der Waals surface area contributed by atoms with Crippen LogP contribution >= 0.6 is 0 Å². The number of H-pyrrole nitrogens is 1. The van der Waals surface area contributed by atoms with E-state index in [0.29, 0.717) is 11.7 Å². The van der Waals surface area contributed by atoms with Crippen molar-refractivity contribution in [3.05, 3.63) is 47.2 Å². The number of nitrogens with one attached hydrogen (secondary N) is 2. The summed E-state index contributed by atoms with van der Waals surface area (Å²) in [5.41, 5.74) is 3.05. The van der Waals surface area contributed by atoms with E-state index in [1.54, 1.807) is 0 Å². The van der Waals surface area contributed by atoms with Crippen molar-refractivity contribution < 1.29 is 4.79 Å². The first kappa shape index (κ1) is 12.6. The van der Waals surface area contributed by atoms with Crippen LogP contribution < -0.4 is 5.32 Å². The third-order valence-electron chi connectivity index (χ3n) is 4.78. The molecule has 0 aliphatic heterocycles. The summed E-state index contributed by atoms with van der Waals surface area (Å²) in [5, 5.41) is 10.4. The zero-order valence-electron chi connectivity index (χ0n) is 12.1. The Balaban J connectivity index is 1.56. The zero-order chi connectivity index (χ0) is 14.4. The van der Waals surface area contributed by atoms with Gasteiger partial charge in [0.05, 0.1) is 5.41 Å². The first-order chi connectivity index (χ1) is 10.2. The lowest BCUT2D eigenvalue weighted by molar-refractivity contribution is -0.118. The van der Waals surface area contributed by atoms with Gasteiger partial charge in [-0.1, -0.05) is 30.3 Å². The van der Waals surface area contributed by atoms with Crippen molar-refractivity contribution in [2.45, 2.75) is 43.9 Å². The van der Waals surface area contributed by atoms with Gasteiger partial charge >= 0.3 is 0 Å². The summed E-state index contributed by atoms with van der Waals surface area (Å²) in [5.74, 6) is 1.39. The van der Waals surface area contributed by atoms with Crippen LogP contribution in [0.15, 0.2) is 30.3 Å². The van der Waals surface area contributed by atoms with Crippen molar-refractivity contribution in [1.82, 2.24) is 10.2 Å². The number of nitrogens with zero attached hydrogens (tertiary/aromatic N) is 1. The molecule has 0 saturated heterocycles. The molecular formula is C17H19N3O. The lowest BCUT2D eigenvalue weighted by Crippen LogP contribution is -2.28. The Hall–Kier alpha value is -2.10. The van der Waals surface area contributed by atoms with Gasteiger partial charge in [-0.25, -0.2) is 0 Å². The second-order valence-corrected chi connectivity index (χ2v) is 6.29. The molecule has 0 unspecified atom stereocenters. The highest BCUT2D eigenvalue weighted by molar-refractivity contribution is 6.01. The number of aromatic amines is 1. The molecular weight excluding hydrogens is 262 g/mol. The van der Waals surface area contributed by atoms with E-state index in [0.717, 1.165) is 24.0 Å². The SMILES string of the molecule is Cc1c(NC(=O)C2(c3ccccc3)CC2)n[nH]c1C1CC1. The van der Waals surface area contributed by atoms with Crippen LogP contribution in [0.2, 0.25) is 0 Å². The van der Waals surface area contributed by atoms with Crippen molar-refractivity contribution in [3.63, 3.8) is 0 Å². The van der Waals surface area contributed by atoms with E-state index in [4.69, 9.17) is 0 Å². The number of hydrogen-bond acceptors (Lipinski definition) is 2. The Morgan fingerprint density at radius 3 is 2.62 bits per heavy atom. The second kappa shape index (κ2) is 4.45. The molecule has 0 bridgehead atoms. The van der Waals surface area contributed by atoms with E-state index < -0.39 is 0 Å². The Bertz CT molecular complexity index is 681. The molecule has 0 atom stereocenters. The molecule has 2 aromatic rings. The van der Waals surface area contributed by atoms with Crippen molar-refractivity contribution in [1.29, 1.82) is 0 Å². The molecule has 0 spiro atoms. The average Bonchev–Trinajstić information content (AvgIpc) is 3.41. The van der Waals surface area contributed by atoms with Gasteiger partial charge < -0.3 is 5.32 Å². The highest BCUT2D eigenvalue weighted by atomic mass is 16.2. The zero-order valence-corrected chi connectivity index (χ0v) is 12.1. The Morgan fingerprint density at radius 1 is 1.29 bits per heavy atom. The molecule has 1 aromatic carbocycles. The molecule has 1 amide bonds. The topological polar surface area (TPSA) is 57.8 Å². The number of carbonyl (C=O) groups is 1. The number of hydrogen-bond donors (Lipinski definition) is 2. The van der Waals surface area contributed by atoms with Gasteiger partial charge in [-0.3, -0.25) is 9.89 Å². The van der Waals surface area contributed by atoms with Gasteiger partial charge in [0, 0.05) is 17.2 Å². The third-order valence-corrected chi connectivity index (χ3v) is 4.78. The second-order valence-electron chi connectivity index (χ2n) is 6.29. The first-order valence-corrected chi connectivity index (χ1v) is 7.62. The fourth-order valence-electron chi connectivity index (χ4n) is 3.06. The standard InChI is InChI=1S/C17H19N3O/c1-11-14(12-7-8-12)19-20-15(11)18-16(21)17(9-10-17)13-5-3-2-4-6-13/h2-6,12H,7-10H2,1H3,(H2,18,19,20,21). The van der Waals surface area contributed by atoms with E-state index in [1.165, 1.54) is 18.5 Å². The van der Waals surface area contributed by atoms with Gasteiger partial charge in [-0.15, -0.1) is 0 Å². The van der Waals surface area contributed by atoms with Gasteiger partial charge in [-0.05, 0) is 38.2 Å². The summed E-state index contributed by atoms with van der Waals surface area (Å²) in [4.78, 5) is 12.7. The molecule has 0 radical (unpaired) electrons. The number of anilines is 1. The van der Waals surface area contributed by atoms with E-state index in [2.05, 4.69) is 15.5 Å². The van der Waals surface area contributed by atoms with Crippen LogP contribution in [0, 0.1) is 6.92 Å². The van der Waals surface area contributed by atoms with Gasteiger partial charge in [0.1, 0.15) is 0 Å². The van der Waals surface area contributed by atoms with E-state index in [1.807, 2.05) is 37.3 Å². The lowest BCUT2D eigenvalue weighted by Gasteiger charge is -2.15. The quantitative estimate of drug-likeness (QED) is 0.903. The van der Waals surface area contributed by atoms with Crippen LogP contribution in [0.1, 0.15) is 48.4 Å². The summed E-state index contributed by atoms with van der Waals surface area (Å²) in [6, 6.07) is 10.1. The molecule has 108 valence electrons. The Kier molecular flexibility index (Phi) is 2.67. The van der Waals surface area contributed by atoms with Crippen molar-refractivity contribution in [3.8, 4) is 0 Å². The largest absolute Gasteiger partial charge is 0.308 e. The Morgan fingerprint density at radius 2 is 2.00 bits per heavy atom. The van der Waals surface area contributed by atoms with E-state index in [9.17, 15) is 4.79 Å². The minimum atomic E-state index is -0.341. The highest BCUT2D eigenvalue weighted by Crippen LogP contribution is 2.49. The maximum atomic E-state index is 12.7. The molecule has 4 heteroatoms. The summed E-state index contributed by atoms with van der Waals surface area (Å²) in [6.07, 6.45) is 4.29. The van der Waals surface area contributed by atoms with Crippen LogP contribution in [-0.4, -0.2) is 16.1 Å². The average molecular weight is 281 g/mol. The maximum absolute atomic E-state index is 12.7. The summed E-state index contributed by atoms with van der Waals surface area (Å²) in [6.45, 7) is 2.04. The minimum Gasteiger partial charge on any atom is -0.308 e. The predicted molar refractivity (Wildman–Crippen MR) is 81.3 cm³/mol. The van der Waals surface area contributed by atoms with Gasteiger partial charge in [0.25, 0.3) is 0 Å². The molecule has 2 fully saturated rings. The normalized spacial score (nSPS) is 19.3. The number of benzene rings is 1. The molecule has 4 rings (SSSR count). The van der Waals surface area contributed by atoms with Crippen LogP contribution in [0.4, 0.5) is 5.82 Å². The smallest absolute Gasteiger partial charge is 0.236 e. The van der Waals surface area contributed by atoms with Gasteiger partial charge in [0.2, 0.25) is 5.91 Å². The number of aromatic nitrogens is 2. The van der Waals surface area contributed by atoms with E-state index in [-0.39, 0.29) is 11.3 Å². The summed E-state index contributed by atoms with van der Waals surface area (Å²) >= 11 is 0. The molecule has 4 nitrogen and oxygen atoms in total. The van der Waals surface area contributed by atoms with Crippen LogP contribution in [0.5, 0.6) is 0 Å². The van der Waals surface area contributed by atoms with Crippen molar-refractivity contribution in [2.24, 2.45) is 0 Å². The third kappa shape index (κ3) is 2.06. The predicted octanol–water partition coefficient (Wildman–Crippen LogP) is 3.27. The first-order valence-electron chi connectivity index (χ1n) is 7.62. The van der Waals surface area contributed by atoms with Gasteiger partial charge in [0.15, 0.2) is 5.82 Å². The lowest BCUT2D eigenvalue weighted by atomic mass is 9.95. The molecule has 2 aliphatic carbocycles. The van der Waals surface area contributed by atoms with Crippen LogP contribution in [0.3, 0.4) is 0 Å². The number of amides is 1. The summed E-state index contributed by atoms with van der Waals surface area (Å²) < 4.78 is 0. The fourth-order valence-corrected chi connectivity index (χ4v) is 3.06. The van der Waals surface area contributed by atoms with E-state index >= 15 is 0 Å². The Labute approximate surface area is 124 Å². The minimum absolute atomic E-state index is 0.0747. The molecule has 21 heavy (non-hydrogen) atoms. The van der Waals surface area contributed by atoms with Gasteiger partial charge in [-0.2, -0.15) is 5.10 Å². The monoisotopic (exact) mass is 281 g/mol. The molecule has 2 saturated carbocycles. The molecule has 2 aliphatic rings. The fraction of sp³-hybridized carbons (Fsp3) is 0.412. The molecule has 1 heterocycles. The van der Waals surface area contributed by atoms with Crippen LogP contribution in [-0.2, 0) is 10.2 Å². The van der Waals surface area contributed by atoms with Crippen LogP contribution in [0.25, 0.3) is 0 Å². The number of carbonyl (C=O) groups excluding carboxylic acids is 1. The molecule has 2 N–H and O–H groups in total. The number of rotatable bonds is 4.